The fourth-order valence-electron chi connectivity index (χ4n) is 1.91. The van der Waals surface area contributed by atoms with Gasteiger partial charge in [0.05, 0.1) is 22.9 Å². The van der Waals surface area contributed by atoms with Gasteiger partial charge in [-0.3, -0.25) is 16.3 Å². The lowest BCUT2D eigenvalue weighted by Gasteiger charge is -2.18. The molecule has 6 heteroatoms. The smallest absolute Gasteiger partial charge is 0.0794 e. The van der Waals surface area contributed by atoms with Crippen LogP contribution in [0.4, 0.5) is 0 Å². The van der Waals surface area contributed by atoms with Crippen molar-refractivity contribution in [2.24, 2.45) is 5.84 Å². The van der Waals surface area contributed by atoms with Gasteiger partial charge in [0, 0.05) is 17.5 Å². The molecule has 0 aliphatic rings. The van der Waals surface area contributed by atoms with Crippen LogP contribution in [0.25, 0.3) is 0 Å². The van der Waals surface area contributed by atoms with Gasteiger partial charge in [-0.05, 0) is 25.0 Å². The average Bonchev–Trinajstić information content (AvgIpc) is 2.88. The van der Waals surface area contributed by atoms with E-state index in [1.165, 1.54) is 4.88 Å². The summed E-state index contributed by atoms with van der Waals surface area (Å²) in [4.78, 5) is 5.29. The van der Waals surface area contributed by atoms with Crippen molar-refractivity contribution >= 4 is 11.3 Å². The van der Waals surface area contributed by atoms with Crippen molar-refractivity contribution < 1.29 is 0 Å². The number of nitrogens with zero attached hydrogens (tertiary/aromatic N) is 3. The van der Waals surface area contributed by atoms with Gasteiger partial charge in [-0.15, -0.1) is 11.3 Å². The Morgan fingerprint density at radius 1 is 1.44 bits per heavy atom. The van der Waals surface area contributed by atoms with E-state index in [1.807, 2.05) is 18.6 Å². The van der Waals surface area contributed by atoms with Crippen LogP contribution in [0, 0.1) is 6.92 Å². The summed E-state index contributed by atoms with van der Waals surface area (Å²) in [7, 11) is 0. The molecule has 0 amide bonds. The van der Waals surface area contributed by atoms with E-state index in [2.05, 4.69) is 33.6 Å². The zero-order valence-corrected chi connectivity index (χ0v) is 11.4. The number of rotatable bonds is 5. The Hall–Kier alpha value is -1.37. The van der Waals surface area contributed by atoms with Gasteiger partial charge < -0.3 is 0 Å². The first-order valence-electron chi connectivity index (χ1n) is 5.91. The van der Waals surface area contributed by atoms with E-state index in [0.29, 0.717) is 0 Å². The summed E-state index contributed by atoms with van der Waals surface area (Å²) >= 11 is 1.64. The van der Waals surface area contributed by atoms with Crippen molar-refractivity contribution in [3.05, 3.63) is 39.6 Å². The number of nitrogens with one attached hydrogen (secondary N) is 1. The van der Waals surface area contributed by atoms with E-state index >= 15 is 0 Å². The minimum atomic E-state index is 0.0506. The van der Waals surface area contributed by atoms with Crippen LogP contribution >= 0.6 is 11.3 Å². The molecule has 3 N–H and O–H groups in total. The van der Waals surface area contributed by atoms with Gasteiger partial charge in [0.15, 0.2) is 0 Å². The molecule has 2 aromatic heterocycles. The predicted octanol–water partition coefficient (Wildman–Crippen LogP) is 1.55. The minimum Gasteiger partial charge on any atom is -0.271 e. The van der Waals surface area contributed by atoms with E-state index in [-0.39, 0.29) is 6.04 Å². The first kappa shape index (κ1) is 13.1. The molecule has 5 nitrogen and oxygen atoms in total. The molecule has 0 aromatic carbocycles. The van der Waals surface area contributed by atoms with Crippen LogP contribution in [-0.2, 0) is 12.8 Å². The fraction of sp³-hybridized carbons (Fsp3) is 0.417. The SMILES string of the molecule is CCc1nnc(C)cc1C(Cc1cncs1)NN. The number of hydrogen-bond acceptors (Lipinski definition) is 6. The lowest BCUT2D eigenvalue weighted by Crippen LogP contribution is -2.30. The summed E-state index contributed by atoms with van der Waals surface area (Å²) in [5.74, 6) is 5.68. The predicted molar refractivity (Wildman–Crippen MR) is 72.0 cm³/mol. The van der Waals surface area contributed by atoms with Gasteiger partial charge in [0.25, 0.3) is 0 Å². The summed E-state index contributed by atoms with van der Waals surface area (Å²) in [6.45, 7) is 4.01. The molecular weight excluding hydrogens is 246 g/mol. The second kappa shape index (κ2) is 5.99. The Morgan fingerprint density at radius 3 is 2.89 bits per heavy atom. The number of hydrazine groups is 1. The maximum atomic E-state index is 5.68. The van der Waals surface area contributed by atoms with Crippen molar-refractivity contribution in [3.63, 3.8) is 0 Å². The summed E-state index contributed by atoms with van der Waals surface area (Å²) in [6.07, 6.45) is 3.55. The number of aromatic nitrogens is 3. The highest BCUT2D eigenvalue weighted by molar-refractivity contribution is 7.09. The lowest BCUT2D eigenvalue weighted by atomic mass is 10.0. The van der Waals surface area contributed by atoms with Crippen molar-refractivity contribution in [3.8, 4) is 0 Å². The fourth-order valence-corrected chi connectivity index (χ4v) is 2.56. The number of aryl methyl sites for hydroxylation is 2. The first-order valence-corrected chi connectivity index (χ1v) is 6.79. The highest BCUT2D eigenvalue weighted by atomic mass is 32.1. The largest absolute Gasteiger partial charge is 0.271 e. The highest BCUT2D eigenvalue weighted by Gasteiger charge is 2.16. The van der Waals surface area contributed by atoms with E-state index in [1.54, 1.807) is 11.3 Å². The second-order valence-electron chi connectivity index (χ2n) is 4.13. The molecule has 18 heavy (non-hydrogen) atoms. The van der Waals surface area contributed by atoms with Gasteiger partial charge in [-0.2, -0.15) is 10.2 Å². The van der Waals surface area contributed by atoms with Crippen LogP contribution in [0.5, 0.6) is 0 Å². The Labute approximate surface area is 110 Å². The molecule has 96 valence electrons. The molecule has 0 saturated heterocycles. The zero-order valence-electron chi connectivity index (χ0n) is 10.6. The van der Waals surface area contributed by atoms with Gasteiger partial charge in [-0.25, -0.2) is 0 Å². The Morgan fingerprint density at radius 2 is 2.28 bits per heavy atom. The molecular formula is C12H17N5S. The zero-order chi connectivity index (χ0) is 13.0. The second-order valence-corrected chi connectivity index (χ2v) is 5.10. The Kier molecular flexibility index (Phi) is 4.35. The molecule has 2 aromatic rings. The number of nitrogens with two attached hydrogens (primary N) is 1. The monoisotopic (exact) mass is 263 g/mol. The lowest BCUT2D eigenvalue weighted by molar-refractivity contribution is 0.545. The molecule has 0 bridgehead atoms. The molecule has 1 unspecified atom stereocenters. The molecule has 0 fully saturated rings. The maximum absolute atomic E-state index is 5.68. The normalized spacial score (nSPS) is 12.6. The molecule has 1 atom stereocenters. The Bertz CT molecular complexity index is 497. The molecule has 0 radical (unpaired) electrons. The molecule has 2 rings (SSSR count). The van der Waals surface area contributed by atoms with Crippen LogP contribution in [0.15, 0.2) is 17.8 Å². The molecule has 2 heterocycles. The van der Waals surface area contributed by atoms with E-state index in [4.69, 9.17) is 5.84 Å². The number of thiazole rings is 1. The third kappa shape index (κ3) is 2.90. The summed E-state index contributed by atoms with van der Waals surface area (Å²) in [5.41, 5.74) is 7.73. The van der Waals surface area contributed by atoms with Crippen LogP contribution in [0.2, 0.25) is 0 Å². The van der Waals surface area contributed by atoms with Gasteiger partial charge >= 0.3 is 0 Å². The van der Waals surface area contributed by atoms with Gasteiger partial charge in [-0.1, -0.05) is 6.92 Å². The van der Waals surface area contributed by atoms with Crippen molar-refractivity contribution in [2.75, 3.05) is 0 Å². The third-order valence-electron chi connectivity index (χ3n) is 2.83. The van der Waals surface area contributed by atoms with Crippen molar-refractivity contribution in [1.29, 1.82) is 0 Å². The van der Waals surface area contributed by atoms with Crippen molar-refractivity contribution in [1.82, 2.24) is 20.6 Å². The summed E-state index contributed by atoms with van der Waals surface area (Å²) in [6, 6.07) is 2.10. The summed E-state index contributed by atoms with van der Waals surface area (Å²) < 4.78 is 0. The van der Waals surface area contributed by atoms with E-state index in [9.17, 15) is 0 Å². The molecule has 0 saturated carbocycles. The third-order valence-corrected chi connectivity index (χ3v) is 3.63. The molecule has 0 aliphatic heterocycles. The van der Waals surface area contributed by atoms with E-state index in [0.717, 1.165) is 29.8 Å². The first-order chi connectivity index (χ1) is 8.74. The Balaban J connectivity index is 2.28. The maximum Gasteiger partial charge on any atom is 0.0794 e. The topological polar surface area (TPSA) is 76.7 Å². The van der Waals surface area contributed by atoms with Gasteiger partial charge in [0.2, 0.25) is 0 Å². The van der Waals surface area contributed by atoms with Crippen LogP contribution in [-0.4, -0.2) is 15.2 Å². The molecule has 0 aliphatic carbocycles. The van der Waals surface area contributed by atoms with Crippen LogP contribution in [0.3, 0.4) is 0 Å². The van der Waals surface area contributed by atoms with Crippen LogP contribution < -0.4 is 11.3 Å². The van der Waals surface area contributed by atoms with Crippen LogP contribution in [0.1, 0.15) is 34.8 Å². The average molecular weight is 263 g/mol. The highest BCUT2D eigenvalue weighted by Crippen LogP contribution is 2.22. The quantitative estimate of drug-likeness (QED) is 0.632. The van der Waals surface area contributed by atoms with E-state index < -0.39 is 0 Å². The number of hydrogen-bond donors (Lipinski definition) is 2. The summed E-state index contributed by atoms with van der Waals surface area (Å²) in [5, 5.41) is 8.33. The standard InChI is InChI=1S/C12H17N5S/c1-3-11-10(4-8(2)16-17-11)12(15-13)5-9-6-14-7-18-9/h4,6-7,12,15H,3,5,13H2,1-2H3. The van der Waals surface area contributed by atoms with Gasteiger partial charge in [0.1, 0.15) is 0 Å². The minimum absolute atomic E-state index is 0.0506. The van der Waals surface area contributed by atoms with Crippen molar-refractivity contribution in [2.45, 2.75) is 32.7 Å². The molecule has 0 spiro atoms.